The van der Waals surface area contributed by atoms with Gasteiger partial charge in [0.15, 0.2) is 0 Å². The minimum atomic E-state index is -3.69. The van der Waals surface area contributed by atoms with Crippen LogP contribution in [-0.4, -0.2) is 77.3 Å². The van der Waals surface area contributed by atoms with Crippen molar-refractivity contribution in [3.63, 3.8) is 0 Å². The van der Waals surface area contributed by atoms with Crippen molar-refractivity contribution in [2.45, 2.75) is 25.3 Å². The normalized spacial score (nSPS) is 16.1. The maximum atomic E-state index is 13.1. The van der Waals surface area contributed by atoms with Gasteiger partial charge in [0.1, 0.15) is 11.6 Å². The first kappa shape index (κ1) is 23.0. The van der Waals surface area contributed by atoms with Crippen LogP contribution in [0, 0.1) is 5.82 Å². The molecule has 1 aliphatic heterocycles. The van der Waals surface area contributed by atoms with E-state index in [1.54, 1.807) is 30.6 Å². The van der Waals surface area contributed by atoms with Crippen LogP contribution < -0.4 is 4.90 Å². The highest BCUT2D eigenvalue weighted by molar-refractivity contribution is 7.89. The Balaban J connectivity index is 1.56. The van der Waals surface area contributed by atoms with E-state index in [0.29, 0.717) is 43.2 Å². The number of hydroxylamine groups is 2. The van der Waals surface area contributed by atoms with Gasteiger partial charge in [-0.15, -0.1) is 0 Å². The molecule has 0 saturated carbocycles. The quantitative estimate of drug-likeness (QED) is 0.330. The summed E-state index contributed by atoms with van der Waals surface area (Å²) in [6, 6.07) is 6.93. The lowest BCUT2D eigenvalue weighted by atomic mass is 10.1. The number of nitrogens with zero attached hydrogens (tertiary/aromatic N) is 5. The molecule has 0 spiro atoms. The zero-order valence-electron chi connectivity index (χ0n) is 17.0. The van der Waals surface area contributed by atoms with Gasteiger partial charge in [-0.1, -0.05) is 0 Å². The molecule has 0 aliphatic carbocycles. The number of carbonyl (C=O) groups excluding carboxylic acids is 1. The monoisotopic (exact) mass is 451 g/mol. The molecule has 0 bridgehead atoms. The molecule has 168 valence electrons. The average Bonchev–Trinajstić information content (AvgIpc) is 2.79. The first-order valence-corrected chi connectivity index (χ1v) is 11.7. The lowest BCUT2D eigenvalue weighted by Crippen LogP contribution is -2.51. The fourth-order valence-electron chi connectivity index (χ4n) is 3.56. The topological polar surface area (TPSA) is 107 Å². The third-order valence-electron chi connectivity index (χ3n) is 5.27. The SMILES string of the molecule is O=CN(O)[C@@H](CCCc1ncccn1)CS(=O)(=O)N1CCN(c2ccc(F)cc2)CC1. The summed E-state index contributed by atoms with van der Waals surface area (Å²) in [5.41, 5.74) is 0.835. The Labute approximate surface area is 181 Å². The molecule has 1 atom stereocenters. The van der Waals surface area contributed by atoms with Gasteiger partial charge in [0, 0.05) is 50.7 Å². The van der Waals surface area contributed by atoms with Crippen LogP contribution in [-0.2, 0) is 21.2 Å². The molecule has 1 aromatic carbocycles. The van der Waals surface area contributed by atoms with Gasteiger partial charge in [0.2, 0.25) is 16.4 Å². The largest absolute Gasteiger partial charge is 0.369 e. The van der Waals surface area contributed by atoms with Crippen molar-refractivity contribution in [2.24, 2.45) is 0 Å². The van der Waals surface area contributed by atoms with Crippen LogP contribution in [0.1, 0.15) is 18.7 Å². The van der Waals surface area contributed by atoms with Crippen molar-refractivity contribution in [3.8, 4) is 0 Å². The van der Waals surface area contributed by atoms with Gasteiger partial charge in [-0.25, -0.2) is 27.8 Å². The Hall–Kier alpha value is -2.63. The van der Waals surface area contributed by atoms with E-state index in [-0.39, 0.29) is 31.1 Å². The van der Waals surface area contributed by atoms with Gasteiger partial charge >= 0.3 is 0 Å². The molecular formula is C20H26FN5O4S. The minimum absolute atomic E-state index is 0.228. The molecule has 1 aliphatic rings. The summed E-state index contributed by atoms with van der Waals surface area (Å²) in [4.78, 5) is 21.3. The molecule has 11 heteroatoms. The van der Waals surface area contributed by atoms with Crippen LogP contribution in [0.3, 0.4) is 0 Å². The van der Waals surface area contributed by atoms with Crippen LogP contribution in [0.15, 0.2) is 42.7 Å². The molecule has 31 heavy (non-hydrogen) atoms. The summed E-state index contributed by atoms with van der Waals surface area (Å²) >= 11 is 0. The van der Waals surface area contributed by atoms with Crippen molar-refractivity contribution >= 4 is 22.1 Å². The molecule has 0 radical (unpaired) electrons. The first-order chi connectivity index (χ1) is 14.9. The van der Waals surface area contributed by atoms with Crippen molar-refractivity contribution in [1.82, 2.24) is 19.3 Å². The number of rotatable bonds is 10. The predicted octanol–water partition coefficient (Wildman–Crippen LogP) is 1.31. The van der Waals surface area contributed by atoms with Crippen molar-refractivity contribution in [1.29, 1.82) is 0 Å². The maximum absolute atomic E-state index is 13.1. The third-order valence-corrected chi connectivity index (χ3v) is 7.22. The van der Waals surface area contributed by atoms with Gasteiger partial charge in [-0.05, 0) is 43.2 Å². The summed E-state index contributed by atoms with van der Waals surface area (Å²) < 4.78 is 40.3. The number of piperazine rings is 1. The molecule has 2 heterocycles. The average molecular weight is 452 g/mol. The van der Waals surface area contributed by atoms with E-state index in [0.717, 1.165) is 5.69 Å². The smallest absolute Gasteiger partial charge is 0.233 e. The van der Waals surface area contributed by atoms with Crippen molar-refractivity contribution in [3.05, 3.63) is 54.4 Å². The molecule has 1 amide bonds. The van der Waals surface area contributed by atoms with Crippen LogP contribution in [0.25, 0.3) is 0 Å². The molecule has 1 N–H and O–H groups in total. The number of hydrogen-bond donors (Lipinski definition) is 1. The third kappa shape index (κ3) is 6.42. The molecular weight excluding hydrogens is 425 g/mol. The van der Waals surface area contributed by atoms with Crippen LogP contribution in [0.4, 0.5) is 10.1 Å². The van der Waals surface area contributed by atoms with Crippen molar-refractivity contribution < 1.29 is 22.8 Å². The fraction of sp³-hybridized carbons (Fsp3) is 0.450. The number of amides is 1. The van der Waals surface area contributed by atoms with Crippen LogP contribution in [0.2, 0.25) is 0 Å². The molecule has 1 fully saturated rings. The Morgan fingerprint density at radius 2 is 1.77 bits per heavy atom. The Kier molecular flexibility index (Phi) is 7.88. The lowest BCUT2D eigenvalue weighted by molar-refractivity contribution is -0.158. The fourth-order valence-corrected chi connectivity index (χ4v) is 5.29. The van der Waals surface area contributed by atoms with E-state index in [4.69, 9.17) is 0 Å². The molecule has 0 unspecified atom stereocenters. The van der Waals surface area contributed by atoms with Gasteiger partial charge in [0.05, 0.1) is 11.8 Å². The summed E-state index contributed by atoms with van der Waals surface area (Å²) in [5, 5.41) is 10.3. The van der Waals surface area contributed by atoms with Crippen LogP contribution in [0.5, 0.6) is 0 Å². The number of hydrogen-bond acceptors (Lipinski definition) is 7. The second-order valence-electron chi connectivity index (χ2n) is 7.34. The highest BCUT2D eigenvalue weighted by Gasteiger charge is 2.31. The van der Waals surface area contributed by atoms with Crippen LogP contribution >= 0.6 is 0 Å². The summed E-state index contributed by atoms with van der Waals surface area (Å²) in [6.45, 7) is 1.49. The Morgan fingerprint density at radius 3 is 2.39 bits per heavy atom. The van der Waals surface area contributed by atoms with Gasteiger partial charge < -0.3 is 4.90 Å². The highest BCUT2D eigenvalue weighted by atomic mass is 32.2. The molecule has 1 saturated heterocycles. The standard InChI is InChI=1S/C20H26FN5O4S/c21-17-5-7-18(8-6-17)24-11-13-25(14-12-24)31(29,30)15-19(26(28)16-27)3-1-4-20-22-9-2-10-23-20/h2,5-10,16,19,28H,1,3-4,11-15H2/t19-/m0/s1. The molecule has 1 aromatic heterocycles. The molecule has 9 nitrogen and oxygen atoms in total. The Morgan fingerprint density at radius 1 is 1.13 bits per heavy atom. The van der Waals surface area contributed by atoms with E-state index < -0.39 is 16.1 Å². The molecule has 3 rings (SSSR count). The number of sulfonamides is 1. The van der Waals surface area contributed by atoms with E-state index in [2.05, 4.69) is 9.97 Å². The lowest BCUT2D eigenvalue weighted by Gasteiger charge is -2.36. The van der Waals surface area contributed by atoms with Gasteiger partial charge in [-0.2, -0.15) is 4.31 Å². The number of aryl methyl sites for hydroxylation is 1. The van der Waals surface area contributed by atoms with E-state index in [1.165, 1.54) is 16.4 Å². The van der Waals surface area contributed by atoms with Crippen molar-refractivity contribution in [2.75, 3.05) is 36.8 Å². The zero-order valence-corrected chi connectivity index (χ0v) is 17.9. The maximum Gasteiger partial charge on any atom is 0.233 e. The predicted molar refractivity (Wildman–Crippen MR) is 112 cm³/mol. The second kappa shape index (κ2) is 10.6. The Bertz CT molecular complexity index is 938. The van der Waals surface area contributed by atoms with E-state index in [9.17, 15) is 22.8 Å². The number of aromatic nitrogens is 2. The summed E-state index contributed by atoms with van der Waals surface area (Å²) in [6.07, 6.45) is 4.81. The number of halogens is 1. The number of benzene rings is 1. The zero-order chi connectivity index (χ0) is 22.3. The summed E-state index contributed by atoms with van der Waals surface area (Å²) in [5.74, 6) is -0.0655. The minimum Gasteiger partial charge on any atom is -0.369 e. The number of anilines is 1. The van der Waals surface area contributed by atoms with E-state index in [1.807, 2.05) is 4.90 Å². The highest BCUT2D eigenvalue weighted by Crippen LogP contribution is 2.19. The first-order valence-electron chi connectivity index (χ1n) is 10.1. The van der Waals surface area contributed by atoms with E-state index >= 15 is 0 Å². The second-order valence-corrected chi connectivity index (χ2v) is 9.35. The molecule has 2 aromatic rings. The van der Waals surface area contributed by atoms with Gasteiger partial charge in [0.25, 0.3) is 0 Å². The number of carbonyl (C=O) groups is 1. The summed E-state index contributed by atoms with van der Waals surface area (Å²) in [7, 11) is -3.69. The van der Waals surface area contributed by atoms with Gasteiger partial charge in [-0.3, -0.25) is 10.0 Å².